The van der Waals surface area contributed by atoms with Crippen LogP contribution in [0.4, 0.5) is 13.2 Å². The minimum absolute atomic E-state index is 0.120. The number of nitrogens with zero attached hydrogens (tertiary/aromatic N) is 1. The summed E-state index contributed by atoms with van der Waals surface area (Å²) in [7, 11) is 0. The first kappa shape index (κ1) is 13.6. The molecule has 1 heterocycles. The van der Waals surface area contributed by atoms with E-state index in [0.29, 0.717) is 12.2 Å². The summed E-state index contributed by atoms with van der Waals surface area (Å²) in [6.45, 7) is 4.30. The Labute approximate surface area is 108 Å². The van der Waals surface area contributed by atoms with Crippen molar-refractivity contribution in [2.45, 2.75) is 26.4 Å². The molecule has 2 aromatic rings. The van der Waals surface area contributed by atoms with Gasteiger partial charge >= 0.3 is 0 Å². The van der Waals surface area contributed by atoms with Gasteiger partial charge in [-0.3, -0.25) is 0 Å². The molecule has 0 aliphatic carbocycles. The van der Waals surface area contributed by atoms with Gasteiger partial charge in [0.05, 0.1) is 0 Å². The third kappa shape index (κ3) is 2.96. The van der Waals surface area contributed by atoms with Crippen LogP contribution in [0.15, 0.2) is 22.9 Å². The van der Waals surface area contributed by atoms with Crippen LogP contribution in [0.1, 0.15) is 19.5 Å². The van der Waals surface area contributed by atoms with Gasteiger partial charge in [0.2, 0.25) is 0 Å². The Morgan fingerprint density at radius 1 is 1.21 bits per heavy atom. The fourth-order valence-electron chi connectivity index (χ4n) is 1.62. The molecular weight excluding hydrogens is 257 g/mol. The van der Waals surface area contributed by atoms with Crippen molar-refractivity contribution in [3.63, 3.8) is 0 Å². The van der Waals surface area contributed by atoms with Crippen LogP contribution in [0, 0.1) is 17.5 Å². The van der Waals surface area contributed by atoms with Crippen molar-refractivity contribution in [3.05, 3.63) is 41.7 Å². The molecule has 0 aliphatic heterocycles. The van der Waals surface area contributed by atoms with Crippen LogP contribution in [0.5, 0.6) is 0 Å². The number of hydrogen-bond donors (Lipinski definition) is 1. The molecule has 2 rings (SSSR count). The van der Waals surface area contributed by atoms with Gasteiger partial charge in [0, 0.05) is 18.2 Å². The van der Waals surface area contributed by atoms with E-state index in [1.165, 1.54) is 6.39 Å². The Morgan fingerprint density at radius 3 is 2.42 bits per heavy atom. The van der Waals surface area contributed by atoms with Crippen molar-refractivity contribution in [2.75, 3.05) is 0 Å². The summed E-state index contributed by atoms with van der Waals surface area (Å²) >= 11 is 0. The number of halogens is 3. The topological polar surface area (TPSA) is 38.1 Å². The molecule has 0 saturated carbocycles. The van der Waals surface area contributed by atoms with Crippen LogP contribution < -0.4 is 5.32 Å². The summed E-state index contributed by atoms with van der Waals surface area (Å²) in [5, 5.41) is 3.11. The molecule has 1 aromatic carbocycles. The van der Waals surface area contributed by atoms with Gasteiger partial charge in [0.15, 0.2) is 29.6 Å². The van der Waals surface area contributed by atoms with E-state index in [1.807, 2.05) is 13.8 Å². The summed E-state index contributed by atoms with van der Waals surface area (Å²) in [5.41, 5.74) is 0.633. The third-order valence-corrected chi connectivity index (χ3v) is 2.56. The summed E-state index contributed by atoms with van der Waals surface area (Å²) < 4.78 is 44.4. The van der Waals surface area contributed by atoms with Crippen LogP contribution in [0.3, 0.4) is 0 Å². The lowest BCUT2D eigenvalue weighted by Crippen LogP contribution is -2.22. The SMILES string of the molecule is CC(C)NCc1ncoc1-c1cc(F)c(F)c(F)c1. The molecule has 1 N–H and O–H groups in total. The normalized spacial score (nSPS) is 11.3. The Morgan fingerprint density at radius 2 is 1.84 bits per heavy atom. The monoisotopic (exact) mass is 270 g/mol. The standard InChI is InChI=1S/C13H13F3N2O/c1-7(2)17-5-11-13(19-6-18-11)8-3-9(14)12(16)10(15)4-8/h3-4,6-7,17H,5H2,1-2H3. The average molecular weight is 270 g/mol. The van der Waals surface area contributed by atoms with Crippen molar-refractivity contribution in [1.82, 2.24) is 10.3 Å². The van der Waals surface area contributed by atoms with Gasteiger partial charge in [0.1, 0.15) is 5.69 Å². The lowest BCUT2D eigenvalue weighted by molar-refractivity contribution is 0.447. The highest BCUT2D eigenvalue weighted by atomic mass is 19.2. The predicted molar refractivity (Wildman–Crippen MR) is 63.8 cm³/mol. The van der Waals surface area contributed by atoms with Crippen LogP contribution in [-0.2, 0) is 6.54 Å². The number of oxazole rings is 1. The van der Waals surface area contributed by atoms with Crippen LogP contribution in [0.25, 0.3) is 11.3 Å². The van der Waals surface area contributed by atoms with Gasteiger partial charge in [-0.25, -0.2) is 18.2 Å². The number of hydrogen-bond acceptors (Lipinski definition) is 3. The zero-order valence-corrected chi connectivity index (χ0v) is 10.5. The maximum absolute atomic E-state index is 13.2. The van der Waals surface area contributed by atoms with Crippen LogP contribution >= 0.6 is 0 Å². The van der Waals surface area contributed by atoms with E-state index in [9.17, 15) is 13.2 Å². The van der Waals surface area contributed by atoms with E-state index >= 15 is 0 Å². The second-order valence-corrected chi connectivity index (χ2v) is 4.42. The van der Waals surface area contributed by atoms with E-state index < -0.39 is 17.5 Å². The molecule has 1 aromatic heterocycles. The molecule has 0 atom stereocenters. The quantitative estimate of drug-likeness (QED) is 0.867. The van der Waals surface area contributed by atoms with Gasteiger partial charge in [-0.2, -0.15) is 0 Å². The Balaban J connectivity index is 2.34. The lowest BCUT2D eigenvalue weighted by atomic mass is 10.1. The van der Waals surface area contributed by atoms with Gasteiger partial charge in [0.25, 0.3) is 0 Å². The van der Waals surface area contributed by atoms with E-state index in [4.69, 9.17) is 4.42 Å². The molecule has 102 valence electrons. The van der Waals surface area contributed by atoms with E-state index in [1.54, 1.807) is 0 Å². The molecule has 19 heavy (non-hydrogen) atoms. The maximum Gasteiger partial charge on any atom is 0.194 e. The smallest absolute Gasteiger partial charge is 0.194 e. The predicted octanol–water partition coefficient (Wildman–Crippen LogP) is 3.26. The van der Waals surface area contributed by atoms with Gasteiger partial charge in [-0.15, -0.1) is 0 Å². The van der Waals surface area contributed by atoms with Crippen molar-refractivity contribution >= 4 is 0 Å². The summed E-state index contributed by atoms with van der Waals surface area (Å²) in [6, 6.07) is 2.00. The second-order valence-electron chi connectivity index (χ2n) is 4.42. The number of rotatable bonds is 4. The minimum Gasteiger partial charge on any atom is -0.443 e. The highest BCUT2D eigenvalue weighted by Gasteiger charge is 2.16. The molecule has 0 radical (unpaired) electrons. The van der Waals surface area contributed by atoms with Gasteiger partial charge in [-0.1, -0.05) is 13.8 Å². The zero-order chi connectivity index (χ0) is 14.0. The lowest BCUT2D eigenvalue weighted by Gasteiger charge is -2.07. The summed E-state index contributed by atoms with van der Waals surface area (Å²) in [4.78, 5) is 3.98. The highest BCUT2D eigenvalue weighted by molar-refractivity contribution is 5.59. The van der Waals surface area contributed by atoms with Crippen molar-refractivity contribution in [1.29, 1.82) is 0 Å². The first-order chi connectivity index (χ1) is 8.99. The van der Waals surface area contributed by atoms with Crippen molar-refractivity contribution in [2.24, 2.45) is 0 Å². The summed E-state index contributed by atoms with van der Waals surface area (Å²) in [6.07, 6.45) is 1.19. The van der Waals surface area contributed by atoms with Crippen molar-refractivity contribution in [3.8, 4) is 11.3 Å². The first-order valence-electron chi connectivity index (χ1n) is 5.79. The largest absolute Gasteiger partial charge is 0.443 e. The van der Waals surface area contributed by atoms with Gasteiger partial charge in [-0.05, 0) is 12.1 Å². The van der Waals surface area contributed by atoms with Crippen LogP contribution in [0.2, 0.25) is 0 Å². The molecule has 0 bridgehead atoms. The zero-order valence-electron chi connectivity index (χ0n) is 10.5. The molecule has 0 fully saturated rings. The molecule has 0 unspecified atom stereocenters. The fourth-order valence-corrected chi connectivity index (χ4v) is 1.62. The van der Waals surface area contributed by atoms with E-state index in [-0.39, 0.29) is 17.4 Å². The molecule has 3 nitrogen and oxygen atoms in total. The molecule has 6 heteroatoms. The van der Waals surface area contributed by atoms with Crippen LogP contribution in [-0.4, -0.2) is 11.0 Å². The van der Waals surface area contributed by atoms with Crippen molar-refractivity contribution < 1.29 is 17.6 Å². The molecule has 0 spiro atoms. The third-order valence-electron chi connectivity index (χ3n) is 2.56. The van der Waals surface area contributed by atoms with E-state index in [2.05, 4.69) is 10.3 Å². The molecule has 0 saturated heterocycles. The fraction of sp³-hybridized carbons (Fsp3) is 0.308. The molecule has 0 amide bonds. The van der Waals surface area contributed by atoms with E-state index in [0.717, 1.165) is 12.1 Å². The summed E-state index contributed by atoms with van der Waals surface area (Å²) in [5.74, 6) is -3.78. The number of nitrogens with one attached hydrogen (secondary N) is 1. The average Bonchev–Trinajstić information content (AvgIpc) is 2.81. The molecular formula is C13H13F3N2O. The second kappa shape index (κ2) is 5.44. The number of benzene rings is 1. The molecule has 0 aliphatic rings. The minimum atomic E-state index is -1.50. The highest BCUT2D eigenvalue weighted by Crippen LogP contribution is 2.26. The number of aromatic nitrogens is 1. The maximum atomic E-state index is 13.2. The Bertz CT molecular complexity index is 558. The Kier molecular flexibility index (Phi) is 3.90. The Hall–Kier alpha value is -1.82. The first-order valence-corrected chi connectivity index (χ1v) is 5.79. The van der Waals surface area contributed by atoms with Gasteiger partial charge < -0.3 is 9.73 Å².